The zero-order valence-corrected chi connectivity index (χ0v) is 23.4. The van der Waals surface area contributed by atoms with Gasteiger partial charge < -0.3 is 21.1 Å². The molecule has 1 aliphatic heterocycles. The SMILES string of the molecule is Nc1nc(NCc2ccc(I)cc2)c(Cl)nc1C(=O)NCCN1CCN(CCOc2ccccc2)CC1. The van der Waals surface area contributed by atoms with Crippen LogP contribution in [0.5, 0.6) is 5.75 Å². The van der Waals surface area contributed by atoms with Crippen LogP contribution in [0.1, 0.15) is 16.1 Å². The van der Waals surface area contributed by atoms with Crippen LogP contribution in [0.4, 0.5) is 11.6 Å². The maximum Gasteiger partial charge on any atom is 0.273 e. The molecule has 1 fully saturated rings. The van der Waals surface area contributed by atoms with Crippen LogP contribution in [0, 0.1) is 3.57 Å². The van der Waals surface area contributed by atoms with Gasteiger partial charge in [0.25, 0.3) is 5.91 Å². The molecule has 4 rings (SSSR count). The Hall–Kier alpha value is -2.67. The Morgan fingerprint density at radius 1 is 1.00 bits per heavy atom. The summed E-state index contributed by atoms with van der Waals surface area (Å²) in [4.78, 5) is 25.8. The van der Waals surface area contributed by atoms with Gasteiger partial charge in [-0.3, -0.25) is 14.6 Å². The summed E-state index contributed by atoms with van der Waals surface area (Å²) in [6.45, 7) is 7.14. The van der Waals surface area contributed by atoms with E-state index in [2.05, 4.69) is 53.0 Å². The number of nitrogens with one attached hydrogen (secondary N) is 2. The minimum atomic E-state index is -0.382. The number of carbonyl (C=O) groups excluding carboxylic acids is 1. The Morgan fingerprint density at radius 3 is 2.38 bits per heavy atom. The largest absolute Gasteiger partial charge is 0.492 e. The second kappa shape index (κ2) is 13.8. The van der Waals surface area contributed by atoms with Crippen molar-refractivity contribution in [2.45, 2.75) is 6.54 Å². The molecule has 3 aromatic rings. The number of nitrogens with zero attached hydrogens (tertiary/aromatic N) is 4. The lowest BCUT2D eigenvalue weighted by Crippen LogP contribution is -2.49. The number of benzene rings is 2. The summed E-state index contributed by atoms with van der Waals surface area (Å²) in [6.07, 6.45) is 0. The second-order valence-electron chi connectivity index (χ2n) is 8.68. The molecule has 1 aliphatic rings. The number of nitrogen functional groups attached to an aromatic ring is 1. The molecule has 196 valence electrons. The lowest BCUT2D eigenvalue weighted by molar-refractivity contribution is 0.0925. The van der Waals surface area contributed by atoms with E-state index in [9.17, 15) is 4.79 Å². The highest BCUT2D eigenvalue weighted by molar-refractivity contribution is 14.1. The van der Waals surface area contributed by atoms with Gasteiger partial charge in [-0.15, -0.1) is 0 Å². The average Bonchev–Trinajstić information content (AvgIpc) is 2.91. The molecular formula is C26H31ClIN7O2. The number of rotatable bonds is 11. The lowest BCUT2D eigenvalue weighted by Gasteiger charge is -2.34. The van der Waals surface area contributed by atoms with Crippen molar-refractivity contribution in [1.29, 1.82) is 0 Å². The maximum absolute atomic E-state index is 12.7. The Kier molecular flexibility index (Phi) is 10.2. The van der Waals surface area contributed by atoms with Crippen LogP contribution in [0.2, 0.25) is 5.15 Å². The summed E-state index contributed by atoms with van der Waals surface area (Å²) < 4.78 is 6.95. The average molecular weight is 636 g/mol. The third kappa shape index (κ3) is 8.42. The molecule has 1 saturated heterocycles. The van der Waals surface area contributed by atoms with Crippen molar-refractivity contribution in [3.63, 3.8) is 0 Å². The van der Waals surface area contributed by atoms with Crippen LogP contribution in [0.25, 0.3) is 0 Å². The molecule has 0 bridgehead atoms. The smallest absolute Gasteiger partial charge is 0.273 e. The predicted molar refractivity (Wildman–Crippen MR) is 155 cm³/mol. The van der Waals surface area contributed by atoms with Gasteiger partial charge in [-0.05, 0) is 52.4 Å². The van der Waals surface area contributed by atoms with Crippen molar-refractivity contribution in [3.05, 3.63) is 74.6 Å². The number of hydrogen-bond donors (Lipinski definition) is 3. The van der Waals surface area contributed by atoms with Gasteiger partial charge in [0, 0.05) is 55.9 Å². The predicted octanol–water partition coefficient (Wildman–Crippen LogP) is 3.36. The highest BCUT2D eigenvalue weighted by Crippen LogP contribution is 2.21. The molecule has 2 aromatic carbocycles. The summed E-state index contributed by atoms with van der Waals surface area (Å²) in [5, 5.41) is 6.12. The fourth-order valence-corrected chi connectivity index (χ4v) is 4.51. The van der Waals surface area contributed by atoms with E-state index < -0.39 is 0 Å². The van der Waals surface area contributed by atoms with Gasteiger partial charge in [-0.2, -0.15) is 0 Å². The van der Waals surface area contributed by atoms with Crippen molar-refractivity contribution in [1.82, 2.24) is 25.1 Å². The molecular weight excluding hydrogens is 605 g/mol. The molecule has 0 saturated carbocycles. The van der Waals surface area contributed by atoms with Crippen LogP contribution in [0.3, 0.4) is 0 Å². The minimum Gasteiger partial charge on any atom is -0.492 e. The Balaban J connectivity index is 1.16. The lowest BCUT2D eigenvalue weighted by atomic mass is 10.2. The molecule has 0 spiro atoms. The number of ether oxygens (including phenoxy) is 1. The minimum absolute atomic E-state index is 0.0352. The van der Waals surface area contributed by atoms with Crippen LogP contribution in [0.15, 0.2) is 54.6 Å². The maximum atomic E-state index is 12.7. The molecule has 37 heavy (non-hydrogen) atoms. The van der Waals surface area contributed by atoms with Gasteiger partial charge in [-0.1, -0.05) is 41.9 Å². The van der Waals surface area contributed by atoms with Crippen LogP contribution < -0.4 is 21.1 Å². The zero-order chi connectivity index (χ0) is 26.0. The normalized spacial score (nSPS) is 14.3. The molecule has 4 N–H and O–H groups in total. The summed E-state index contributed by atoms with van der Waals surface area (Å²) in [6, 6.07) is 17.9. The topological polar surface area (TPSA) is 109 Å². The monoisotopic (exact) mass is 635 g/mol. The van der Waals surface area contributed by atoms with Crippen molar-refractivity contribution in [2.24, 2.45) is 0 Å². The number of aromatic nitrogens is 2. The molecule has 0 radical (unpaired) electrons. The first-order valence-corrected chi connectivity index (χ1v) is 13.7. The van der Waals surface area contributed by atoms with Gasteiger partial charge >= 0.3 is 0 Å². The van der Waals surface area contributed by atoms with Crippen LogP contribution in [-0.4, -0.2) is 78.1 Å². The van der Waals surface area contributed by atoms with Crippen molar-refractivity contribution >= 4 is 51.7 Å². The second-order valence-corrected chi connectivity index (χ2v) is 10.3. The van der Waals surface area contributed by atoms with Gasteiger partial charge in [0.05, 0.1) is 0 Å². The van der Waals surface area contributed by atoms with Crippen LogP contribution >= 0.6 is 34.2 Å². The summed E-state index contributed by atoms with van der Waals surface area (Å²) in [5.41, 5.74) is 7.13. The fraction of sp³-hybridized carbons (Fsp3) is 0.346. The standard InChI is InChI=1S/C26H31ClIN7O2/c27-23-25(31-18-19-6-8-20(28)9-7-19)33-24(29)22(32-23)26(36)30-10-11-34-12-14-35(15-13-34)16-17-37-21-4-2-1-3-5-21/h1-9H,10-18H2,(H,30,36)(H3,29,31,33). The van der Waals surface area contributed by atoms with E-state index in [1.54, 1.807) is 0 Å². The van der Waals surface area contributed by atoms with E-state index in [-0.39, 0.29) is 22.6 Å². The number of nitrogens with two attached hydrogens (primary N) is 1. The third-order valence-electron chi connectivity index (χ3n) is 6.07. The number of hydrogen-bond acceptors (Lipinski definition) is 8. The van der Waals surface area contributed by atoms with E-state index >= 15 is 0 Å². The number of amides is 1. The highest BCUT2D eigenvalue weighted by atomic mass is 127. The number of piperazine rings is 1. The fourth-order valence-electron chi connectivity index (χ4n) is 3.95. The van der Waals surface area contributed by atoms with Crippen molar-refractivity contribution in [2.75, 3.05) is 63.5 Å². The first-order valence-electron chi connectivity index (χ1n) is 12.2. The first kappa shape index (κ1) is 27.4. The van der Waals surface area contributed by atoms with Gasteiger partial charge in [0.2, 0.25) is 0 Å². The molecule has 0 atom stereocenters. The molecule has 0 aliphatic carbocycles. The molecule has 1 aromatic heterocycles. The van der Waals surface area contributed by atoms with Gasteiger partial charge in [-0.25, -0.2) is 9.97 Å². The Labute approximate surface area is 235 Å². The molecule has 0 unspecified atom stereocenters. The quantitative estimate of drug-likeness (QED) is 0.276. The van der Waals surface area contributed by atoms with Gasteiger partial charge in [0.15, 0.2) is 22.5 Å². The summed E-state index contributed by atoms with van der Waals surface area (Å²) >= 11 is 8.54. The number of anilines is 2. The third-order valence-corrected chi connectivity index (χ3v) is 7.05. The first-order chi connectivity index (χ1) is 18.0. The number of carbonyl (C=O) groups is 1. The Morgan fingerprint density at radius 2 is 1.68 bits per heavy atom. The zero-order valence-electron chi connectivity index (χ0n) is 20.5. The summed E-state index contributed by atoms with van der Waals surface area (Å²) in [5.74, 6) is 0.906. The van der Waals surface area contributed by atoms with E-state index in [0.29, 0.717) is 25.5 Å². The highest BCUT2D eigenvalue weighted by Gasteiger charge is 2.19. The summed E-state index contributed by atoms with van der Waals surface area (Å²) in [7, 11) is 0. The van der Waals surface area contributed by atoms with E-state index in [1.165, 1.54) is 0 Å². The molecule has 9 nitrogen and oxygen atoms in total. The Bertz CT molecular complexity index is 1160. The van der Waals surface area contributed by atoms with Crippen molar-refractivity contribution < 1.29 is 9.53 Å². The van der Waals surface area contributed by atoms with E-state index in [1.807, 2.05) is 54.6 Å². The van der Waals surface area contributed by atoms with Crippen LogP contribution in [-0.2, 0) is 6.54 Å². The molecule has 1 amide bonds. The molecule has 11 heteroatoms. The molecule has 2 heterocycles. The van der Waals surface area contributed by atoms with E-state index in [4.69, 9.17) is 22.1 Å². The number of halogens is 2. The van der Waals surface area contributed by atoms with Crippen molar-refractivity contribution in [3.8, 4) is 5.75 Å². The van der Waals surface area contributed by atoms with Gasteiger partial charge in [0.1, 0.15) is 12.4 Å². The number of para-hydroxylation sites is 1. The van der Waals surface area contributed by atoms with E-state index in [0.717, 1.165) is 54.2 Å².